The van der Waals surface area contributed by atoms with E-state index in [1.165, 1.54) is 6.20 Å². The Morgan fingerprint density at radius 2 is 2.10 bits per heavy atom. The zero-order valence-corrected chi connectivity index (χ0v) is 11.4. The zero-order chi connectivity index (χ0) is 14.8. The normalized spacial score (nSPS) is 25.9. The Kier molecular flexibility index (Phi) is 3.92. The fraction of sp³-hybridized carbons (Fsp3) is 0.500. The molecule has 0 spiro atoms. The number of rotatable bonds is 4. The molecule has 6 heteroatoms. The molecule has 0 aliphatic heterocycles. The summed E-state index contributed by atoms with van der Waals surface area (Å²) in [6.07, 6.45) is 4.20. The molecule has 0 aromatic carbocycles. The molecule has 0 saturated heterocycles. The molecular formula is C14H19N3O3. The van der Waals surface area contributed by atoms with E-state index in [2.05, 4.69) is 17.2 Å². The highest BCUT2D eigenvalue weighted by Crippen LogP contribution is 2.35. The number of carboxylic acids is 1. The number of carboxylic acid groups (broad SMARTS) is 1. The van der Waals surface area contributed by atoms with Crippen molar-refractivity contribution < 1.29 is 14.7 Å². The highest BCUT2D eigenvalue weighted by Gasteiger charge is 2.42. The quantitative estimate of drug-likeness (QED) is 0.775. The third-order valence-electron chi connectivity index (χ3n) is 3.97. The van der Waals surface area contributed by atoms with Gasteiger partial charge in [0.2, 0.25) is 0 Å². The standard InChI is InChI=1S/C14H19N3O3/c1-9-4-6-14(7-5-9,13(19)20)17-12-10(11(15)18)3-2-8-16-12/h2-3,8-9H,4-7H2,1H3,(H2,15,18)(H,16,17)(H,19,20). The number of aliphatic carboxylic acids is 1. The molecule has 0 unspecified atom stereocenters. The second-order valence-corrected chi connectivity index (χ2v) is 5.46. The summed E-state index contributed by atoms with van der Waals surface area (Å²) in [7, 11) is 0. The van der Waals surface area contributed by atoms with E-state index in [1.807, 2.05) is 0 Å². The lowest BCUT2D eigenvalue weighted by Gasteiger charge is -2.37. The van der Waals surface area contributed by atoms with Crippen molar-refractivity contribution in [3.8, 4) is 0 Å². The Morgan fingerprint density at radius 1 is 1.45 bits per heavy atom. The molecule has 0 bridgehead atoms. The highest BCUT2D eigenvalue weighted by atomic mass is 16.4. The fourth-order valence-electron chi connectivity index (χ4n) is 2.58. The van der Waals surface area contributed by atoms with Crippen LogP contribution in [0.3, 0.4) is 0 Å². The molecule has 1 amide bonds. The number of nitrogens with two attached hydrogens (primary N) is 1. The average Bonchev–Trinajstić information content (AvgIpc) is 2.41. The van der Waals surface area contributed by atoms with E-state index < -0.39 is 17.4 Å². The summed E-state index contributed by atoms with van der Waals surface area (Å²) >= 11 is 0. The first kappa shape index (κ1) is 14.3. The van der Waals surface area contributed by atoms with Crippen LogP contribution >= 0.6 is 0 Å². The number of nitrogens with zero attached hydrogens (tertiary/aromatic N) is 1. The van der Waals surface area contributed by atoms with E-state index in [-0.39, 0.29) is 11.4 Å². The Balaban J connectivity index is 2.30. The Morgan fingerprint density at radius 3 is 2.65 bits per heavy atom. The second kappa shape index (κ2) is 5.48. The number of anilines is 1. The van der Waals surface area contributed by atoms with Gasteiger partial charge in [-0.25, -0.2) is 9.78 Å². The monoisotopic (exact) mass is 277 g/mol. The predicted octanol–water partition coefficient (Wildman–Crippen LogP) is 1.63. The van der Waals surface area contributed by atoms with Gasteiger partial charge in [-0.2, -0.15) is 0 Å². The summed E-state index contributed by atoms with van der Waals surface area (Å²) < 4.78 is 0. The van der Waals surface area contributed by atoms with Crippen molar-refractivity contribution in [3.63, 3.8) is 0 Å². The number of nitrogens with one attached hydrogen (secondary N) is 1. The molecule has 0 radical (unpaired) electrons. The maximum Gasteiger partial charge on any atom is 0.329 e. The van der Waals surface area contributed by atoms with Gasteiger partial charge < -0.3 is 16.2 Å². The summed E-state index contributed by atoms with van der Waals surface area (Å²) in [4.78, 5) is 27.1. The molecule has 4 N–H and O–H groups in total. The fourth-order valence-corrected chi connectivity index (χ4v) is 2.58. The van der Waals surface area contributed by atoms with Gasteiger partial charge in [0.25, 0.3) is 5.91 Å². The average molecular weight is 277 g/mol. The maximum absolute atomic E-state index is 11.7. The van der Waals surface area contributed by atoms with E-state index in [0.717, 1.165) is 12.8 Å². The van der Waals surface area contributed by atoms with E-state index in [4.69, 9.17) is 5.73 Å². The third-order valence-corrected chi connectivity index (χ3v) is 3.97. The van der Waals surface area contributed by atoms with Crippen LogP contribution in [0.15, 0.2) is 18.3 Å². The van der Waals surface area contributed by atoms with Crippen LogP contribution in [-0.2, 0) is 4.79 Å². The van der Waals surface area contributed by atoms with Gasteiger partial charge >= 0.3 is 5.97 Å². The summed E-state index contributed by atoms with van der Waals surface area (Å²) in [5, 5.41) is 12.5. The molecule has 20 heavy (non-hydrogen) atoms. The molecule has 1 aromatic heterocycles. The number of hydrogen-bond donors (Lipinski definition) is 3. The molecule has 108 valence electrons. The number of carbonyl (C=O) groups excluding carboxylic acids is 1. The second-order valence-electron chi connectivity index (χ2n) is 5.46. The molecule has 1 aromatic rings. The number of carbonyl (C=O) groups is 2. The van der Waals surface area contributed by atoms with Crippen LogP contribution in [0.4, 0.5) is 5.82 Å². The van der Waals surface area contributed by atoms with Crippen molar-refractivity contribution in [2.75, 3.05) is 5.32 Å². The Hall–Kier alpha value is -2.11. The largest absolute Gasteiger partial charge is 0.480 e. The minimum Gasteiger partial charge on any atom is -0.480 e. The van der Waals surface area contributed by atoms with Crippen LogP contribution < -0.4 is 11.1 Å². The van der Waals surface area contributed by atoms with Gasteiger partial charge in [-0.15, -0.1) is 0 Å². The van der Waals surface area contributed by atoms with E-state index >= 15 is 0 Å². The SMILES string of the molecule is CC1CCC(Nc2ncccc2C(N)=O)(C(=O)O)CC1. The van der Waals surface area contributed by atoms with Gasteiger partial charge in [0.15, 0.2) is 0 Å². The first-order valence-corrected chi connectivity index (χ1v) is 6.71. The lowest BCUT2D eigenvalue weighted by atomic mass is 9.77. The van der Waals surface area contributed by atoms with Gasteiger partial charge in [0, 0.05) is 6.20 Å². The van der Waals surface area contributed by atoms with E-state index in [1.54, 1.807) is 12.1 Å². The van der Waals surface area contributed by atoms with Crippen LogP contribution in [0.5, 0.6) is 0 Å². The van der Waals surface area contributed by atoms with Crippen LogP contribution in [-0.4, -0.2) is 27.5 Å². The number of hydrogen-bond acceptors (Lipinski definition) is 4. The van der Waals surface area contributed by atoms with Crippen LogP contribution in [0.2, 0.25) is 0 Å². The summed E-state index contributed by atoms with van der Waals surface area (Å²) in [6, 6.07) is 3.14. The van der Waals surface area contributed by atoms with E-state index in [0.29, 0.717) is 18.8 Å². The number of primary amides is 1. The topological polar surface area (TPSA) is 105 Å². The van der Waals surface area contributed by atoms with Crippen molar-refractivity contribution in [1.82, 2.24) is 4.98 Å². The van der Waals surface area contributed by atoms with E-state index in [9.17, 15) is 14.7 Å². The van der Waals surface area contributed by atoms with Gasteiger partial charge in [-0.3, -0.25) is 4.79 Å². The van der Waals surface area contributed by atoms with Crippen LogP contribution in [0, 0.1) is 5.92 Å². The third kappa shape index (κ3) is 2.74. The van der Waals surface area contributed by atoms with Gasteiger partial charge in [-0.05, 0) is 43.7 Å². The molecule has 1 aliphatic rings. The first-order chi connectivity index (χ1) is 9.44. The molecule has 1 fully saturated rings. The Labute approximate surface area is 117 Å². The number of pyridine rings is 1. The van der Waals surface area contributed by atoms with Crippen molar-refractivity contribution in [1.29, 1.82) is 0 Å². The van der Waals surface area contributed by atoms with Crippen LogP contribution in [0.1, 0.15) is 43.0 Å². The van der Waals surface area contributed by atoms with Crippen LogP contribution in [0.25, 0.3) is 0 Å². The summed E-state index contributed by atoms with van der Waals surface area (Å²) in [5.41, 5.74) is 4.44. The molecule has 1 aliphatic carbocycles. The summed E-state index contributed by atoms with van der Waals surface area (Å²) in [6.45, 7) is 2.11. The molecule has 0 atom stereocenters. The first-order valence-electron chi connectivity index (χ1n) is 6.71. The van der Waals surface area contributed by atoms with Crippen molar-refractivity contribution in [2.45, 2.75) is 38.1 Å². The molecule has 2 rings (SSSR count). The van der Waals surface area contributed by atoms with Crippen molar-refractivity contribution in [2.24, 2.45) is 11.7 Å². The zero-order valence-electron chi connectivity index (χ0n) is 11.4. The molecule has 6 nitrogen and oxygen atoms in total. The lowest BCUT2D eigenvalue weighted by molar-refractivity contribution is -0.143. The number of amides is 1. The minimum absolute atomic E-state index is 0.215. The van der Waals surface area contributed by atoms with Gasteiger partial charge in [-0.1, -0.05) is 6.92 Å². The molecule has 1 heterocycles. The maximum atomic E-state index is 11.7. The highest BCUT2D eigenvalue weighted by molar-refractivity contribution is 5.98. The molecule has 1 saturated carbocycles. The predicted molar refractivity (Wildman–Crippen MR) is 74.4 cm³/mol. The molecular weight excluding hydrogens is 258 g/mol. The summed E-state index contributed by atoms with van der Waals surface area (Å²) in [5.74, 6) is -0.767. The van der Waals surface area contributed by atoms with Gasteiger partial charge in [0.05, 0.1) is 5.56 Å². The van der Waals surface area contributed by atoms with Crippen molar-refractivity contribution in [3.05, 3.63) is 23.9 Å². The Bertz CT molecular complexity index is 522. The number of aromatic nitrogens is 1. The smallest absolute Gasteiger partial charge is 0.329 e. The van der Waals surface area contributed by atoms with Crippen molar-refractivity contribution >= 4 is 17.7 Å². The minimum atomic E-state index is -1.06. The lowest BCUT2D eigenvalue weighted by Crippen LogP contribution is -2.49. The van der Waals surface area contributed by atoms with Gasteiger partial charge in [0.1, 0.15) is 11.4 Å².